The first-order valence-corrected chi connectivity index (χ1v) is 6.97. The number of aryl methyl sites for hydroxylation is 1. The van der Waals surface area contributed by atoms with E-state index in [1.54, 1.807) is 26.8 Å². The summed E-state index contributed by atoms with van der Waals surface area (Å²) in [4.78, 5) is 11.5. The molecule has 0 unspecified atom stereocenters. The second-order valence-corrected chi connectivity index (χ2v) is 5.93. The third kappa shape index (κ3) is 3.30. The molecule has 6 heteroatoms. The molecular formula is C12H17NO4S. The standard InChI is InChI=1S/C12H17NO4S/c1-8(2)13-18(15,16)11-7-10(12(14)17-4)6-5-9(11)3/h5-8,13H,1-4H3. The van der Waals surface area contributed by atoms with Crippen LogP contribution in [0.15, 0.2) is 23.1 Å². The quantitative estimate of drug-likeness (QED) is 0.842. The molecule has 0 fully saturated rings. The van der Waals surface area contributed by atoms with Crippen molar-refractivity contribution in [2.24, 2.45) is 0 Å². The molecule has 1 aromatic carbocycles. The molecule has 0 aromatic heterocycles. The van der Waals surface area contributed by atoms with Crippen molar-refractivity contribution in [3.63, 3.8) is 0 Å². The molecule has 1 rings (SSSR count). The molecule has 0 atom stereocenters. The number of methoxy groups -OCH3 is 1. The summed E-state index contributed by atoms with van der Waals surface area (Å²) < 4.78 is 31.2. The van der Waals surface area contributed by atoms with Gasteiger partial charge in [-0.3, -0.25) is 0 Å². The lowest BCUT2D eigenvalue weighted by Gasteiger charge is -2.12. The van der Waals surface area contributed by atoms with Gasteiger partial charge in [0.05, 0.1) is 17.6 Å². The summed E-state index contributed by atoms with van der Waals surface area (Å²) in [6.07, 6.45) is 0. The van der Waals surface area contributed by atoms with Crippen molar-refractivity contribution in [2.45, 2.75) is 31.7 Å². The molecule has 0 aliphatic rings. The summed E-state index contributed by atoms with van der Waals surface area (Å²) in [6, 6.07) is 4.24. The van der Waals surface area contributed by atoms with Gasteiger partial charge in [-0.1, -0.05) is 6.07 Å². The maximum absolute atomic E-state index is 12.1. The van der Waals surface area contributed by atoms with Crippen LogP contribution in [-0.4, -0.2) is 27.5 Å². The zero-order valence-corrected chi connectivity index (χ0v) is 11.7. The molecule has 0 heterocycles. The van der Waals surface area contributed by atoms with Gasteiger partial charge in [0, 0.05) is 6.04 Å². The Kier molecular flexibility index (Phi) is 4.48. The van der Waals surface area contributed by atoms with Gasteiger partial charge in [-0.15, -0.1) is 0 Å². The number of carbonyl (C=O) groups is 1. The van der Waals surface area contributed by atoms with Gasteiger partial charge in [-0.25, -0.2) is 17.9 Å². The fourth-order valence-corrected chi connectivity index (χ4v) is 3.03. The average Bonchev–Trinajstić information content (AvgIpc) is 2.26. The Hall–Kier alpha value is -1.40. The molecule has 0 spiro atoms. The highest BCUT2D eigenvalue weighted by atomic mass is 32.2. The van der Waals surface area contributed by atoms with Gasteiger partial charge in [-0.2, -0.15) is 0 Å². The number of hydrogen-bond acceptors (Lipinski definition) is 4. The molecule has 0 aliphatic carbocycles. The summed E-state index contributed by atoms with van der Waals surface area (Å²) >= 11 is 0. The van der Waals surface area contributed by atoms with Crippen LogP contribution >= 0.6 is 0 Å². The summed E-state index contributed by atoms with van der Waals surface area (Å²) in [6.45, 7) is 5.14. The van der Waals surface area contributed by atoms with E-state index in [-0.39, 0.29) is 16.5 Å². The number of hydrogen-bond donors (Lipinski definition) is 1. The van der Waals surface area contributed by atoms with E-state index in [1.807, 2.05) is 0 Å². The molecule has 18 heavy (non-hydrogen) atoms. The molecule has 1 aromatic rings. The Balaban J connectivity index is 3.28. The average molecular weight is 271 g/mol. The summed E-state index contributed by atoms with van der Waals surface area (Å²) in [7, 11) is -2.36. The SMILES string of the molecule is COC(=O)c1ccc(C)c(S(=O)(=O)NC(C)C)c1. The van der Waals surface area contributed by atoms with E-state index in [9.17, 15) is 13.2 Å². The van der Waals surface area contributed by atoms with E-state index >= 15 is 0 Å². The molecule has 5 nitrogen and oxygen atoms in total. The Morgan fingerprint density at radius 2 is 1.94 bits per heavy atom. The van der Waals surface area contributed by atoms with Gasteiger partial charge in [0.25, 0.3) is 0 Å². The maximum atomic E-state index is 12.1. The second-order valence-electron chi connectivity index (χ2n) is 4.25. The molecule has 100 valence electrons. The highest BCUT2D eigenvalue weighted by Gasteiger charge is 2.20. The van der Waals surface area contributed by atoms with Gasteiger partial charge in [0.1, 0.15) is 0 Å². The second kappa shape index (κ2) is 5.49. The van der Waals surface area contributed by atoms with E-state index < -0.39 is 16.0 Å². The molecule has 1 N–H and O–H groups in total. The smallest absolute Gasteiger partial charge is 0.337 e. The van der Waals surface area contributed by atoms with Crippen LogP contribution in [0.1, 0.15) is 29.8 Å². The third-order valence-corrected chi connectivity index (χ3v) is 4.09. The predicted octanol–water partition coefficient (Wildman–Crippen LogP) is 1.47. The molecule has 0 saturated carbocycles. The minimum Gasteiger partial charge on any atom is -0.465 e. The normalized spacial score (nSPS) is 11.6. The fourth-order valence-electron chi connectivity index (χ4n) is 1.51. The molecule has 0 bridgehead atoms. The van der Waals surface area contributed by atoms with E-state index in [4.69, 9.17) is 0 Å². The lowest BCUT2D eigenvalue weighted by Crippen LogP contribution is -2.30. The molecular weight excluding hydrogens is 254 g/mol. The Morgan fingerprint density at radius 3 is 2.44 bits per heavy atom. The number of nitrogens with one attached hydrogen (secondary N) is 1. The number of sulfonamides is 1. The number of rotatable bonds is 4. The van der Waals surface area contributed by atoms with Gasteiger partial charge in [-0.05, 0) is 38.5 Å². The van der Waals surface area contributed by atoms with E-state index in [0.717, 1.165) is 0 Å². The van der Waals surface area contributed by atoms with Crippen LogP contribution in [0.2, 0.25) is 0 Å². The molecule has 0 saturated heterocycles. The lowest BCUT2D eigenvalue weighted by molar-refractivity contribution is 0.0600. The minimum absolute atomic E-state index is 0.0964. The van der Waals surface area contributed by atoms with Crippen LogP contribution < -0.4 is 4.72 Å². The van der Waals surface area contributed by atoms with Crippen LogP contribution in [0.4, 0.5) is 0 Å². The van der Waals surface area contributed by atoms with Crippen molar-refractivity contribution in [1.29, 1.82) is 0 Å². The van der Waals surface area contributed by atoms with Gasteiger partial charge < -0.3 is 4.74 Å². The Morgan fingerprint density at radius 1 is 1.33 bits per heavy atom. The Labute approximate surface area is 107 Å². The van der Waals surface area contributed by atoms with Crippen LogP contribution in [0.5, 0.6) is 0 Å². The van der Waals surface area contributed by atoms with Gasteiger partial charge in [0.15, 0.2) is 0 Å². The summed E-state index contributed by atoms with van der Waals surface area (Å²) in [5.74, 6) is -0.559. The summed E-state index contributed by atoms with van der Waals surface area (Å²) in [5, 5.41) is 0. The molecule has 0 aliphatic heterocycles. The third-order valence-electron chi connectivity index (χ3n) is 2.29. The number of carbonyl (C=O) groups excluding carboxylic acids is 1. The molecule has 0 radical (unpaired) electrons. The largest absolute Gasteiger partial charge is 0.465 e. The van der Waals surface area contributed by atoms with Crippen LogP contribution in [0.25, 0.3) is 0 Å². The van der Waals surface area contributed by atoms with Crippen molar-refractivity contribution >= 4 is 16.0 Å². The molecule has 0 amide bonds. The summed E-state index contributed by atoms with van der Waals surface area (Å²) in [5.41, 5.74) is 0.794. The number of esters is 1. The van der Waals surface area contributed by atoms with E-state index in [1.165, 1.54) is 19.2 Å². The van der Waals surface area contributed by atoms with Gasteiger partial charge >= 0.3 is 5.97 Å². The first-order valence-electron chi connectivity index (χ1n) is 5.49. The first kappa shape index (κ1) is 14.7. The van der Waals surface area contributed by atoms with E-state index in [0.29, 0.717) is 5.56 Å². The Bertz CT molecular complexity index is 549. The van der Waals surface area contributed by atoms with Gasteiger partial charge in [0.2, 0.25) is 10.0 Å². The number of benzene rings is 1. The topological polar surface area (TPSA) is 72.5 Å². The zero-order chi connectivity index (χ0) is 13.9. The highest BCUT2D eigenvalue weighted by Crippen LogP contribution is 2.18. The van der Waals surface area contributed by atoms with Crippen molar-refractivity contribution in [1.82, 2.24) is 4.72 Å². The van der Waals surface area contributed by atoms with Crippen molar-refractivity contribution in [3.05, 3.63) is 29.3 Å². The first-order chi connectivity index (χ1) is 8.27. The lowest BCUT2D eigenvalue weighted by atomic mass is 10.1. The van der Waals surface area contributed by atoms with E-state index in [2.05, 4.69) is 9.46 Å². The monoisotopic (exact) mass is 271 g/mol. The zero-order valence-electron chi connectivity index (χ0n) is 10.9. The predicted molar refractivity (Wildman–Crippen MR) is 68.0 cm³/mol. The maximum Gasteiger partial charge on any atom is 0.337 e. The minimum atomic E-state index is -3.61. The van der Waals surface area contributed by atoms with Crippen LogP contribution in [0.3, 0.4) is 0 Å². The fraction of sp³-hybridized carbons (Fsp3) is 0.417. The van der Waals surface area contributed by atoms with Crippen LogP contribution in [-0.2, 0) is 14.8 Å². The van der Waals surface area contributed by atoms with Crippen molar-refractivity contribution in [3.8, 4) is 0 Å². The number of ether oxygens (including phenoxy) is 1. The highest BCUT2D eigenvalue weighted by molar-refractivity contribution is 7.89. The van der Waals surface area contributed by atoms with Crippen molar-refractivity contribution in [2.75, 3.05) is 7.11 Å². The van der Waals surface area contributed by atoms with Crippen molar-refractivity contribution < 1.29 is 17.9 Å². The van der Waals surface area contributed by atoms with Crippen LogP contribution in [0, 0.1) is 6.92 Å².